The lowest BCUT2D eigenvalue weighted by Crippen LogP contribution is -2.02. The number of rotatable bonds is 5. The van der Waals surface area contributed by atoms with E-state index in [0.29, 0.717) is 11.8 Å². The first-order valence-electron chi connectivity index (χ1n) is 7.69. The molecule has 0 unspecified atom stereocenters. The van der Waals surface area contributed by atoms with Gasteiger partial charge in [-0.05, 0) is 48.9 Å². The molecule has 0 fully saturated rings. The highest BCUT2D eigenvalue weighted by Gasteiger charge is 2.10. The number of fused-ring (bicyclic) bond motifs is 1. The first-order valence-corrected chi connectivity index (χ1v) is 8.10. The smallest absolute Gasteiger partial charge is 0.120 e. The molecule has 2 rings (SSSR count). The number of nitrogens with one attached hydrogen (secondary N) is 1. The van der Waals surface area contributed by atoms with E-state index in [1.165, 1.54) is 5.56 Å². The Labute approximate surface area is 132 Å². The summed E-state index contributed by atoms with van der Waals surface area (Å²) in [6.45, 7) is 11.6. The molecule has 0 amide bonds. The number of hydrogen-bond acceptors (Lipinski definition) is 2. The van der Waals surface area contributed by atoms with Crippen LogP contribution in [0.3, 0.4) is 0 Å². The summed E-state index contributed by atoms with van der Waals surface area (Å²) >= 11 is 5.70. The maximum Gasteiger partial charge on any atom is 0.120 e. The van der Waals surface area contributed by atoms with Crippen molar-refractivity contribution >= 4 is 23.1 Å². The van der Waals surface area contributed by atoms with Gasteiger partial charge in [0.05, 0.1) is 11.1 Å². The summed E-state index contributed by atoms with van der Waals surface area (Å²) in [5.41, 5.74) is 3.48. The fraction of sp³-hybridized carbons (Fsp3) is 0.500. The van der Waals surface area contributed by atoms with Crippen molar-refractivity contribution in [3.05, 3.63) is 34.0 Å². The maximum atomic E-state index is 5.85. The van der Waals surface area contributed by atoms with Gasteiger partial charge in [-0.1, -0.05) is 39.9 Å². The van der Waals surface area contributed by atoms with Gasteiger partial charge in [-0.25, -0.2) is 0 Å². The molecule has 0 aliphatic heterocycles. The molecule has 1 N–H and O–H groups in total. The molecule has 1 heterocycles. The van der Waals surface area contributed by atoms with Gasteiger partial charge < -0.3 is 9.72 Å². The standard InChI is InChI=1S/C18H25NOS/c1-11(2)8-9-20-14-6-7-16-15(10-14)18(21)17(12(3)4)13(5)19-16/h6-7,10-12H,8-9H2,1-5H3,(H,19,21). The Balaban J connectivity index is 2.40. The Morgan fingerprint density at radius 1 is 1.19 bits per heavy atom. The maximum absolute atomic E-state index is 5.85. The molecule has 0 aliphatic carbocycles. The lowest BCUT2D eigenvalue weighted by atomic mass is 9.99. The number of H-pyrrole nitrogens is 1. The molecular weight excluding hydrogens is 278 g/mol. The SMILES string of the molecule is Cc1[nH]c2ccc(OCCC(C)C)cc2c(=S)c1C(C)C. The summed E-state index contributed by atoms with van der Waals surface area (Å²) in [6.07, 6.45) is 1.07. The molecule has 2 nitrogen and oxygen atoms in total. The number of pyridine rings is 1. The Kier molecular flexibility index (Phi) is 5.04. The largest absolute Gasteiger partial charge is 0.494 e. The zero-order valence-corrected chi connectivity index (χ0v) is 14.4. The van der Waals surface area contributed by atoms with E-state index in [-0.39, 0.29) is 0 Å². The monoisotopic (exact) mass is 303 g/mol. The number of ether oxygens (including phenoxy) is 1. The minimum atomic E-state index is 0.420. The molecular formula is C18H25NOS. The zero-order chi connectivity index (χ0) is 15.6. The number of hydrogen-bond donors (Lipinski definition) is 1. The van der Waals surface area contributed by atoms with Crippen LogP contribution in [0.1, 0.15) is 51.3 Å². The highest BCUT2D eigenvalue weighted by Crippen LogP contribution is 2.28. The predicted molar refractivity (Wildman–Crippen MR) is 92.9 cm³/mol. The quantitative estimate of drug-likeness (QED) is 0.711. The highest BCUT2D eigenvalue weighted by atomic mass is 32.1. The molecule has 3 heteroatoms. The lowest BCUT2D eigenvalue weighted by Gasteiger charge is -2.14. The van der Waals surface area contributed by atoms with Crippen molar-refractivity contribution in [1.82, 2.24) is 4.98 Å². The van der Waals surface area contributed by atoms with Crippen LogP contribution in [0.5, 0.6) is 5.75 Å². The van der Waals surface area contributed by atoms with Crippen molar-refractivity contribution in [2.75, 3.05) is 6.61 Å². The lowest BCUT2D eigenvalue weighted by molar-refractivity contribution is 0.290. The number of aromatic nitrogens is 1. The third kappa shape index (κ3) is 3.65. The summed E-state index contributed by atoms with van der Waals surface area (Å²) in [5, 5.41) is 1.08. The van der Waals surface area contributed by atoms with E-state index in [1.807, 2.05) is 6.07 Å². The molecule has 0 atom stereocenters. The van der Waals surface area contributed by atoms with Crippen molar-refractivity contribution < 1.29 is 4.74 Å². The molecule has 0 radical (unpaired) electrons. The fourth-order valence-corrected chi connectivity index (χ4v) is 3.16. The van der Waals surface area contributed by atoms with Crippen LogP contribution in [0.15, 0.2) is 18.2 Å². The number of benzene rings is 1. The van der Waals surface area contributed by atoms with Gasteiger partial charge in [-0.2, -0.15) is 0 Å². The van der Waals surface area contributed by atoms with Gasteiger partial charge in [-0.3, -0.25) is 0 Å². The Hall–Kier alpha value is -1.35. The molecule has 1 aromatic carbocycles. The van der Waals surface area contributed by atoms with Crippen molar-refractivity contribution in [3.63, 3.8) is 0 Å². The fourth-order valence-electron chi connectivity index (χ4n) is 2.60. The minimum absolute atomic E-state index is 0.420. The summed E-state index contributed by atoms with van der Waals surface area (Å²) in [7, 11) is 0. The van der Waals surface area contributed by atoms with E-state index < -0.39 is 0 Å². The Morgan fingerprint density at radius 2 is 1.90 bits per heavy atom. The van der Waals surface area contributed by atoms with Gasteiger partial charge in [0, 0.05) is 16.6 Å². The molecule has 114 valence electrons. The van der Waals surface area contributed by atoms with Crippen molar-refractivity contribution in [2.24, 2.45) is 5.92 Å². The molecule has 21 heavy (non-hydrogen) atoms. The molecule has 0 bridgehead atoms. The number of aromatic amines is 1. The van der Waals surface area contributed by atoms with Gasteiger partial charge in [0.15, 0.2) is 0 Å². The number of aryl methyl sites for hydroxylation is 1. The van der Waals surface area contributed by atoms with Crippen molar-refractivity contribution in [3.8, 4) is 5.75 Å². The van der Waals surface area contributed by atoms with Gasteiger partial charge in [0.25, 0.3) is 0 Å². The first-order chi connectivity index (χ1) is 9.90. The van der Waals surface area contributed by atoms with Crippen LogP contribution in [0, 0.1) is 17.4 Å². The summed E-state index contributed by atoms with van der Waals surface area (Å²) in [4.78, 5) is 3.46. The molecule has 1 aromatic heterocycles. The second-order valence-electron chi connectivity index (χ2n) is 6.39. The van der Waals surface area contributed by atoms with Crippen molar-refractivity contribution in [2.45, 2.75) is 47.0 Å². The van der Waals surface area contributed by atoms with E-state index in [1.54, 1.807) is 0 Å². The first kappa shape index (κ1) is 16.0. The van der Waals surface area contributed by atoms with Crippen LogP contribution in [0.25, 0.3) is 10.9 Å². The van der Waals surface area contributed by atoms with Crippen LogP contribution in [0.4, 0.5) is 0 Å². The van der Waals surface area contributed by atoms with Crippen molar-refractivity contribution in [1.29, 1.82) is 0 Å². The Bertz CT molecular complexity index is 685. The zero-order valence-electron chi connectivity index (χ0n) is 13.6. The van der Waals surface area contributed by atoms with Gasteiger partial charge in [0.2, 0.25) is 0 Å². The van der Waals surface area contributed by atoms with Crippen LogP contribution in [-0.2, 0) is 0 Å². The van der Waals surface area contributed by atoms with E-state index in [0.717, 1.165) is 39.9 Å². The molecule has 0 spiro atoms. The Morgan fingerprint density at radius 3 is 2.52 bits per heavy atom. The molecule has 0 saturated carbocycles. The van der Waals surface area contributed by atoms with Gasteiger partial charge in [-0.15, -0.1) is 0 Å². The summed E-state index contributed by atoms with van der Waals surface area (Å²) in [6, 6.07) is 6.15. The van der Waals surface area contributed by atoms with Gasteiger partial charge >= 0.3 is 0 Å². The average molecular weight is 303 g/mol. The second kappa shape index (κ2) is 6.61. The predicted octanol–water partition coefficient (Wildman–Crippen LogP) is 5.75. The van der Waals surface area contributed by atoms with Crippen LogP contribution >= 0.6 is 12.2 Å². The normalized spacial score (nSPS) is 11.6. The highest BCUT2D eigenvalue weighted by molar-refractivity contribution is 7.71. The average Bonchev–Trinajstić information content (AvgIpc) is 2.38. The minimum Gasteiger partial charge on any atom is -0.494 e. The van der Waals surface area contributed by atoms with Gasteiger partial charge in [0.1, 0.15) is 5.75 Å². The molecule has 0 aliphatic rings. The second-order valence-corrected chi connectivity index (χ2v) is 6.79. The van der Waals surface area contributed by atoms with E-state index >= 15 is 0 Å². The van der Waals surface area contributed by atoms with E-state index in [9.17, 15) is 0 Å². The third-order valence-electron chi connectivity index (χ3n) is 3.75. The van der Waals surface area contributed by atoms with E-state index in [4.69, 9.17) is 17.0 Å². The summed E-state index contributed by atoms with van der Waals surface area (Å²) in [5.74, 6) is 1.98. The van der Waals surface area contributed by atoms with Crippen LogP contribution in [0.2, 0.25) is 0 Å². The molecule has 0 saturated heterocycles. The molecule has 2 aromatic rings. The van der Waals surface area contributed by atoms with Crippen LogP contribution in [-0.4, -0.2) is 11.6 Å². The third-order valence-corrected chi connectivity index (χ3v) is 4.19. The topological polar surface area (TPSA) is 25.0 Å². The van der Waals surface area contributed by atoms with E-state index in [2.05, 4.69) is 51.7 Å². The summed E-state index contributed by atoms with van der Waals surface area (Å²) < 4.78 is 6.80. The van der Waals surface area contributed by atoms with Crippen LogP contribution < -0.4 is 4.74 Å².